The Morgan fingerprint density at radius 2 is 1.90 bits per heavy atom. The molecule has 1 amide bonds. The Hall–Kier alpha value is -2.10. The highest BCUT2D eigenvalue weighted by molar-refractivity contribution is 7.22. The number of amides is 1. The van der Waals surface area contributed by atoms with Crippen molar-refractivity contribution >= 4 is 46.0 Å². The number of nitrogens with two attached hydrogens (primary N) is 1. The molecule has 1 aliphatic rings. The molecule has 0 spiro atoms. The van der Waals surface area contributed by atoms with Crippen LogP contribution in [0.1, 0.15) is 54.0 Å². The van der Waals surface area contributed by atoms with E-state index >= 15 is 0 Å². The molecule has 0 unspecified atom stereocenters. The van der Waals surface area contributed by atoms with Crippen LogP contribution in [0.2, 0.25) is 0 Å². The molecule has 1 aromatic carbocycles. The molecule has 1 saturated heterocycles. The first-order valence-corrected chi connectivity index (χ1v) is 10.8. The predicted octanol–water partition coefficient (Wildman–Crippen LogP) is 4.42. The molecule has 1 aromatic heterocycles. The summed E-state index contributed by atoms with van der Waals surface area (Å²) in [6.45, 7) is 13.7. The molecule has 9 heteroatoms. The molecule has 30 heavy (non-hydrogen) atoms. The van der Waals surface area contributed by atoms with E-state index in [2.05, 4.69) is 10.3 Å². The summed E-state index contributed by atoms with van der Waals surface area (Å²) in [5.41, 5.74) is 6.78. The predicted molar refractivity (Wildman–Crippen MR) is 122 cm³/mol. The van der Waals surface area contributed by atoms with Gasteiger partial charge in [0, 0.05) is 12.1 Å². The molecule has 0 bridgehead atoms. The van der Waals surface area contributed by atoms with Crippen molar-refractivity contribution in [3.8, 4) is 0 Å². The molecule has 1 fully saturated rings. The first kappa shape index (κ1) is 22.6. The van der Waals surface area contributed by atoms with Gasteiger partial charge in [0.15, 0.2) is 5.13 Å². The van der Waals surface area contributed by atoms with E-state index in [0.29, 0.717) is 5.13 Å². The van der Waals surface area contributed by atoms with Crippen LogP contribution in [-0.4, -0.2) is 41.5 Å². The minimum Gasteiger partial charge on any atom is -0.444 e. The van der Waals surface area contributed by atoms with Crippen molar-refractivity contribution in [2.75, 3.05) is 12.3 Å². The number of rotatable bonds is 4. The largest absolute Gasteiger partial charge is 0.492 e. The molecular weight excluding hydrogens is 401 g/mol. The number of thiazole rings is 1. The first-order chi connectivity index (χ1) is 13.8. The quantitative estimate of drug-likeness (QED) is 0.696. The van der Waals surface area contributed by atoms with E-state index in [1.807, 2.05) is 72.7 Å². The van der Waals surface area contributed by atoms with Crippen molar-refractivity contribution in [3.05, 3.63) is 29.2 Å². The van der Waals surface area contributed by atoms with E-state index in [1.165, 1.54) is 11.3 Å². The number of fused-ring (bicyclic) bond motifs is 1. The highest BCUT2D eigenvalue weighted by Crippen LogP contribution is 2.39. The number of benzene rings is 1. The monoisotopic (exact) mass is 431 g/mol. The molecule has 7 nitrogen and oxygen atoms in total. The number of alkyl carbamates (subject to hydrolysis) is 1. The van der Waals surface area contributed by atoms with Gasteiger partial charge >= 0.3 is 13.2 Å². The summed E-state index contributed by atoms with van der Waals surface area (Å²) in [6.07, 6.45) is 1.45. The first-order valence-electron chi connectivity index (χ1n) is 9.95. The van der Waals surface area contributed by atoms with Gasteiger partial charge in [-0.05, 0) is 60.0 Å². The Balaban J connectivity index is 1.93. The SMILES string of the molecule is CC(C)(C)OC(=O)NCC(=Cc1cccc2sc(N)nc12)B1OC(C)(C)C(C)(C)O1. The number of aromatic nitrogens is 1. The van der Waals surface area contributed by atoms with E-state index in [9.17, 15) is 4.79 Å². The maximum atomic E-state index is 12.2. The van der Waals surface area contributed by atoms with Gasteiger partial charge in [0.2, 0.25) is 0 Å². The zero-order valence-corrected chi connectivity index (χ0v) is 19.5. The van der Waals surface area contributed by atoms with E-state index in [1.54, 1.807) is 0 Å². The zero-order chi connectivity index (χ0) is 22.3. The third-order valence-corrected chi connectivity index (χ3v) is 6.05. The molecule has 0 saturated carbocycles. The van der Waals surface area contributed by atoms with Gasteiger partial charge in [-0.3, -0.25) is 0 Å². The highest BCUT2D eigenvalue weighted by atomic mass is 32.1. The Bertz CT molecular complexity index is 962. The van der Waals surface area contributed by atoms with Crippen LogP contribution >= 0.6 is 11.3 Å². The molecule has 2 heterocycles. The third kappa shape index (κ3) is 4.96. The Morgan fingerprint density at radius 3 is 2.50 bits per heavy atom. The summed E-state index contributed by atoms with van der Waals surface area (Å²) in [6, 6.07) is 5.89. The van der Waals surface area contributed by atoms with Crippen molar-refractivity contribution in [2.45, 2.75) is 65.3 Å². The number of hydrogen-bond donors (Lipinski definition) is 2. The minimum atomic E-state index is -0.615. The van der Waals surface area contributed by atoms with Crippen molar-refractivity contribution in [1.29, 1.82) is 0 Å². The number of carbonyl (C=O) groups excluding carboxylic acids is 1. The number of nitrogen functional groups attached to an aromatic ring is 1. The fourth-order valence-corrected chi connectivity index (χ4v) is 3.76. The lowest BCUT2D eigenvalue weighted by atomic mass is 9.77. The second-order valence-electron chi connectivity index (χ2n) is 9.41. The summed E-state index contributed by atoms with van der Waals surface area (Å²) in [5.74, 6) is 0. The Kier molecular flexibility index (Phi) is 5.92. The number of para-hydroxylation sites is 1. The van der Waals surface area contributed by atoms with Gasteiger partial charge in [-0.15, -0.1) is 0 Å². The molecule has 162 valence electrons. The van der Waals surface area contributed by atoms with Crippen LogP contribution in [0.3, 0.4) is 0 Å². The molecule has 3 N–H and O–H groups in total. The van der Waals surface area contributed by atoms with Gasteiger partial charge in [0.25, 0.3) is 0 Å². The van der Waals surface area contributed by atoms with Crippen LogP contribution in [0.15, 0.2) is 23.7 Å². The molecule has 0 aliphatic carbocycles. The average Bonchev–Trinajstić information content (AvgIpc) is 3.06. The second kappa shape index (κ2) is 7.87. The van der Waals surface area contributed by atoms with Crippen LogP contribution in [0.4, 0.5) is 9.93 Å². The van der Waals surface area contributed by atoms with Crippen LogP contribution in [0.25, 0.3) is 16.3 Å². The van der Waals surface area contributed by atoms with Gasteiger partial charge in [-0.2, -0.15) is 0 Å². The smallest absolute Gasteiger partial charge is 0.444 e. The van der Waals surface area contributed by atoms with E-state index in [4.69, 9.17) is 19.8 Å². The number of nitrogens with one attached hydrogen (secondary N) is 1. The van der Waals surface area contributed by atoms with Crippen molar-refractivity contribution in [1.82, 2.24) is 10.3 Å². The summed E-state index contributed by atoms with van der Waals surface area (Å²) >= 11 is 1.43. The summed E-state index contributed by atoms with van der Waals surface area (Å²) in [5, 5.41) is 3.32. The van der Waals surface area contributed by atoms with Gasteiger partial charge in [0.1, 0.15) is 5.60 Å². The van der Waals surface area contributed by atoms with Gasteiger partial charge < -0.3 is 25.1 Å². The fourth-order valence-electron chi connectivity index (χ4n) is 2.99. The van der Waals surface area contributed by atoms with E-state index in [-0.39, 0.29) is 6.54 Å². The Labute approximate surface area is 182 Å². The maximum Gasteiger partial charge on any atom is 0.492 e. The number of nitrogens with zero attached hydrogens (tertiary/aromatic N) is 1. The van der Waals surface area contributed by atoms with Gasteiger partial charge in [-0.25, -0.2) is 9.78 Å². The lowest BCUT2D eigenvalue weighted by Crippen LogP contribution is -2.41. The van der Waals surface area contributed by atoms with Crippen molar-refractivity contribution in [3.63, 3.8) is 0 Å². The van der Waals surface area contributed by atoms with Crippen LogP contribution < -0.4 is 11.1 Å². The van der Waals surface area contributed by atoms with Crippen LogP contribution in [0.5, 0.6) is 0 Å². The standard InChI is InChI=1S/C21H30BN3O4S/c1-19(2,3)27-18(26)24-12-14(22-28-20(4,5)21(6,7)29-22)11-13-9-8-10-15-16(13)25-17(23)30-15/h8-11H,12H2,1-7H3,(H2,23,25)(H,24,26). The normalized spacial score (nSPS) is 18.6. The maximum absolute atomic E-state index is 12.2. The summed E-state index contributed by atoms with van der Waals surface area (Å²) < 4.78 is 18.8. The van der Waals surface area contributed by atoms with Crippen LogP contribution in [0, 0.1) is 0 Å². The number of hydrogen-bond acceptors (Lipinski definition) is 7. The zero-order valence-electron chi connectivity index (χ0n) is 18.7. The number of carbonyl (C=O) groups is 1. The lowest BCUT2D eigenvalue weighted by Gasteiger charge is -2.32. The van der Waals surface area contributed by atoms with E-state index in [0.717, 1.165) is 21.3 Å². The minimum absolute atomic E-state index is 0.210. The second-order valence-corrected chi connectivity index (χ2v) is 10.5. The van der Waals surface area contributed by atoms with Crippen molar-refractivity contribution in [2.24, 2.45) is 0 Å². The summed E-state index contributed by atoms with van der Waals surface area (Å²) in [7, 11) is -0.615. The number of ether oxygens (including phenoxy) is 1. The van der Waals surface area contributed by atoms with Gasteiger partial charge in [0.05, 0.1) is 21.4 Å². The topological polar surface area (TPSA) is 95.7 Å². The molecule has 3 rings (SSSR count). The lowest BCUT2D eigenvalue weighted by molar-refractivity contribution is 0.00578. The number of anilines is 1. The average molecular weight is 431 g/mol. The van der Waals surface area contributed by atoms with Crippen LogP contribution in [-0.2, 0) is 14.0 Å². The van der Waals surface area contributed by atoms with Gasteiger partial charge in [-0.1, -0.05) is 29.5 Å². The Morgan fingerprint density at radius 1 is 1.27 bits per heavy atom. The molecule has 1 aliphatic heterocycles. The molecular formula is C21H30BN3O4S. The summed E-state index contributed by atoms with van der Waals surface area (Å²) in [4.78, 5) is 16.7. The fraction of sp³-hybridized carbons (Fsp3) is 0.524. The highest BCUT2D eigenvalue weighted by Gasteiger charge is 2.52. The molecule has 2 aromatic rings. The molecule has 0 atom stereocenters. The third-order valence-electron chi connectivity index (χ3n) is 5.20. The van der Waals surface area contributed by atoms with Crippen molar-refractivity contribution < 1.29 is 18.8 Å². The molecule has 0 radical (unpaired) electrons. The van der Waals surface area contributed by atoms with E-state index < -0.39 is 30.0 Å².